The summed E-state index contributed by atoms with van der Waals surface area (Å²) < 4.78 is 0. The summed E-state index contributed by atoms with van der Waals surface area (Å²) in [4.78, 5) is 38.4. The molecule has 0 aromatic heterocycles. The molecular weight excluding hydrogens is 398 g/mol. The van der Waals surface area contributed by atoms with E-state index in [0.29, 0.717) is 6.54 Å². The number of non-ortho nitro benzene ring substituents is 1. The van der Waals surface area contributed by atoms with E-state index in [4.69, 9.17) is 0 Å². The van der Waals surface area contributed by atoms with Crippen molar-refractivity contribution in [2.24, 2.45) is 0 Å². The third-order valence-corrected chi connectivity index (χ3v) is 5.54. The Balaban J connectivity index is 1.65. The number of amides is 2. The lowest BCUT2D eigenvalue weighted by Crippen LogP contribution is -3.11. The van der Waals surface area contributed by atoms with E-state index < -0.39 is 16.7 Å². The molecule has 164 valence electrons. The fourth-order valence-electron chi connectivity index (χ4n) is 3.84. The Morgan fingerprint density at radius 3 is 2.39 bits per heavy atom. The number of likely N-dealkylation sites (tertiary alicyclic amines) is 1. The van der Waals surface area contributed by atoms with Gasteiger partial charge >= 0.3 is 11.8 Å². The Kier molecular flexibility index (Phi) is 7.19. The van der Waals surface area contributed by atoms with Gasteiger partial charge in [-0.1, -0.05) is 18.2 Å². The molecule has 9 nitrogen and oxygen atoms in total. The molecule has 1 fully saturated rings. The van der Waals surface area contributed by atoms with E-state index in [9.17, 15) is 19.7 Å². The second-order valence-electron chi connectivity index (χ2n) is 7.88. The Labute approximate surface area is 181 Å². The van der Waals surface area contributed by atoms with Crippen LogP contribution in [0.15, 0.2) is 48.5 Å². The van der Waals surface area contributed by atoms with Crippen LogP contribution in [-0.2, 0) is 9.59 Å². The van der Waals surface area contributed by atoms with E-state index in [1.807, 2.05) is 19.0 Å². The Morgan fingerprint density at radius 2 is 1.77 bits per heavy atom. The largest absolute Gasteiger partial charge is 0.378 e. The zero-order valence-corrected chi connectivity index (χ0v) is 17.8. The molecule has 0 aliphatic carbocycles. The fourth-order valence-corrected chi connectivity index (χ4v) is 3.84. The number of nitro groups is 1. The first-order valence-corrected chi connectivity index (χ1v) is 10.3. The highest BCUT2D eigenvalue weighted by atomic mass is 16.6. The van der Waals surface area contributed by atoms with Crippen molar-refractivity contribution < 1.29 is 19.4 Å². The molecule has 0 bridgehead atoms. The molecule has 1 heterocycles. The minimum absolute atomic E-state index is 0.0493. The molecule has 2 amide bonds. The molecule has 3 N–H and O–H groups in total. The number of benzene rings is 2. The molecule has 31 heavy (non-hydrogen) atoms. The number of rotatable bonds is 7. The summed E-state index contributed by atoms with van der Waals surface area (Å²) in [7, 11) is 3.97. The zero-order valence-electron chi connectivity index (χ0n) is 17.8. The van der Waals surface area contributed by atoms with Gasteiger partial charge in [-0.25, -0.2) is 0 Å². The quantitative estimate of drug-likeness (QED) is 0.349. The van der Waals surface area contributed by atoms with Gasteiger partial charge in [-0.05, 0) is 18.2 Å². The van der Waals surface area contributed by atoms with Crippen molar-refractivity contribution in [1.29, 1.82) is 0 Å². The number of hydrogen-bond donors (Lipinski definition) is 3. The van der Waals surface area contributed by atoms with E-state index in [1.165, 1.54) is 29.2 Å². The highest BCUT2D eigenvalue weighted by Crippen LogP contribution is 2.18. The average Bonchev–Trinajstić information content (AvgIpc) is 3.28. The van der Waals surface area contributed by atoms with Gasteiger partial charge in [0.1, 0.15) is 6.04 Å². The third-order valence-electron chi connectivity index (χ3n) is 5.54. The van der Waals surface area contributed by atoms with Crippen molar-refractivity contribution in [3.63, 3.8) is 0 Å². The molecule has 0 radical (unpaired) electrons. The molecule has 3 rings (SSSR count). The number of nitro benzene ring substituents is 1. The van der Waals surface area contributed by atoms with Gasteiger partial charge in [0.05, 0.1) is 24.6 Å². The summed E-state index contributed by atoms with van der Waals surface area (Å²) in [5.74, 6) is -1.61. The number of nitrogens with zero attached hydrogens (tertiary/aromatic N) is 2. The lowest BCUT2D eigenvalue weighted by atomic mass is 10.0. The molecule has 1 saturated heterocycles. The van der Waals surface area contributed by atoms with Crippen LogP contribution < -0.4 is 20.4 Å². The molecule has 0 unspecified atom stereocenters. The summed E-state index contributed by atoms with van der Waals surface area (Å²) in [5, 5.41) is 16.0. The van der Waals surface area contributed by atoms with Crippen LogP contribution in [0.4, 0.5) is 17.1 Å². The maximum Gasteiger partial charge on any atom is 0.313 e. The minimum atomic E-state index is -0.848. The maximum absolute atomic E-state index is 12.4. The van der Waals surface area contributed by atoms with E-state index in [2.05, 4.69) is 34.9 Å². The van der Waals surface area contributed by atoms with E-state index >= 15 is 0 Å². The van der Waals surface area contributed by atoms with Crippen molar-refractivity contribution in [3.05, 3.63) is 64.2 Å². The molecular formula is C22H28N5O4+. The standard InChI is InChI=1S/C22H27N5O4/c1-25(2)18-10-8-16(9-11-18)20(26-12-3-4-13-26)15-23-21(28)22(29)24-17-6-5-7-19(14-17)27(30)31/h5-11,14,20H,3-4,12-13,15H2,1-2H3,(H,23,28)(H,24,29)/p+1/t20-/m0/s1. The lowest BCUT2D eigenvalue weighted by molar-refractivity contribution is -0.918. The van der Waals surface area contributed by atoms with Gasteiger partial charge in [0.15, 0.2) is 0 Å². The van der Waals surface area contributed by atoms with Crippen molar-refractivity contribution in [2.45, 2.75) is 18.9 Å². The first kappa shape index (κ1) is 22.2. The number of nitrogens with one attached hydrogen (secondary N) is 3. The zero-order chi connectivity index (χ0) is 22.4. The van der Waals surface area contributed by atoms with Crippen LogP contribution in [0.3, 0.4) is 0 Å². The summed E-state index contributed by atoms with van der Waals surface area (Å²) >= 11 is 0. The number of carbonyl (C=O) groups excluding carboxylic acids is 2. The number of quaternary nitrogens is 1. The second kappa shape index (κ2) is 10.0. The van der Waals surface area contributed by atoms with Crippen LogP contribution in [0.2, 0.25) is 0 Å². The first-order valence-electron chi connectivity index (χ1n) is 10.3. The van der Waals surface area contributed by atoms with Crippen molar-refractivity contribution in [2.75, 3.05) is 43.9 Å². The molecule has 2 aromatic carbocycles. The fraction of sp³-hybridized carbons (Fsp3) is 0.364. The molecule has 2 aromatic rings. The topological polar surface area (TPSA) is 109 Å². The molecule has 1 aliphatic rings. The number of anilines is 2. The van der Waals surface area contributed by atoms with Crippen molar-refractivity contribution in [1.82, 2.24) is 5.32 Å². The summed E-state index contributed by atoms with van der Waals surface area (Å²) in [5.41, 5.74) is 2.26. The van der Waals surface area contributed by atoms with Crippen LogP contribution in [0.5, 0.6) is 0 Å². The molecule has 9 heteroatoms. The molecule has 0 spiro atoms. The van der Waals surface area contributed by atoms with Gasteiger partial charge in [0.25, 0.3) is 5.69 Å². The van der Waals surface area contributed by atoms with Crippen molar-refractivity contribution >= 4 is 28.9 Å². The predicted molar refractivity (Wildman–Crippen MR) is 118 cm³/mol. The normalized spacial score (nSPS) is 14.6. The van der Waals surface area contributed by atoms with Crippen LogP contribution in [0, 0.1) is 10.1 Å². The highest BCUT2D eigenvalue weighted by molar-refractivity contribution is 6.39. The van der Waals surface area contributed by atoms with Gasteiger partial charge in [0.2, 0.25) is 0 Å². The molecule has 1 atom stereocenters. The van der Waals surface area contributed by atoms with Gasteiger partial charge in [-0.3, -0.25) is 19.7 Å². The SMILES string of the molecule is CN(C)c1ccc([C@H](CNC(=O)C(=O)Nc2cccc([N+](=O)[O-])c2)[NH+]2CCCC2)cc1. The summed E-state index contributed by atoms with van der Waals surface area (Å²) in [6.07, 6.45) is 2.28. The molecule has 0 saturated carbocycles. The minimum Gasteiger partial charge on any atom is -0.378 e. The average molecular weight is 426 g/mol. The van der Waals surface area contributed by atoms with Gasteiger partial charge in [-0.15, -0.1) is 0 Å². The van der Waals surface area contributed by atoms with Crippen LogP contribution in [0.1, 0.15) is 24.4 Å². The third kappa shape index (κ3) is 5.79. The Hall–Kier alpha value is -3.46. The van der Waals surface area contributed by atoms with E-state index in [0.717, 1.165) is 37.2 Å². The number of carbonyl (C=O) groups is 2. The summed E-state index contributed by atoms with van der Waals surface area (Å²) in [6.45, 7) is 2.38. The van der Waals surface area contributed by atoms with Gasteiger partial charge in [0, 0.05) is 56.0 Å². The smallest absolute Gasteiger partial charge is 0.313 e. The maximum atomic E-state index is 12.4. The summed E-state index contributed by atoms with van der Waals surface area (Å²) in [6, 6.07) is 13.8. The molecule has 1 aliphatic heterocycles. The van der Waals surface area contributed by atoms with E-state index in [-0.39, 0.29) is 17.4 Å². The van der Waals surface area contributed by atoms with Gasteiger partial charge < -0.3 is 20.4 Å². The van der Waals surface area contributed by atoms with Crippen LogP contribution in [-0.4, -0.2) is 50.5 Å². The Morgan fingerprint density at radius 1 is 1.10 bits per heavy atom. The highest BCUT2D eigenvalue weighted by Gasteiger charge is 2.28. The monoisotopic (exact) mass is 426 g/mol. The van der Waals surface area contributed by atoms with Crippen LogP contribution in [0.25, 0.3) is 0 Å². The lowest BCUT2D eigenvalue weighted by Gasteiger charge is -2.25. The Bertz CT molecular complexity index is 939. The number of hydrogen-bond acceptors (Lipinski definition) is 5. The second-order valence-corrected chi connectivity index (χ2v) is 7.88. The van der Waals surface area contributed by atoms with Crippen LogP contribution >= 0.6 is 0 Å². The predicted octanol–water partition coefficient (Wildman–Crippen LogP) is 1.14. The van der Waals surface area contributed by atoms with Gasteiger partial charge in [-0.2, -0.15) is 0 Å². The first-order chi connectivity index (χ1) is 14.8. The van der Waals surface area contributed by atoms with E-state index in [1.54, 1.807) is 0 Å². The van der Waals surface area contributed by atoms with Crippen molar-refractivity contribution in [3.8, 4) is 0 Å².